The van der Waals surface area contributed by atoms with Crippen molar-refractivity contribution in [3.05, 3.63) is 54.3 Å². The molecule has 1 amide bonds. The Labute approximate surface area is 145 Å². The molecule has 128 valence electrons. The summed E-state index contributed by atoms with van der Waals surface area (Å²) in [6.45, 7) is 1.89. The molecular formula is C20H19NO4. The minimum atomic E-state index is -0.888. The molecule has 4 atom stereocenters. The van der Waals surface area contributed by atoms with E-state index in [4.69, 9.17) is 4.42 Å². The molecule has 2 N–H and O–H groups in total. The third-order valence-electron chi connectivity index (χ3n) is 5.22. The third kappa shape index (κ3) is 2.76. The lowest BCUT2D eigenvalue weighted by molar-refractivity contribution is -0.146. The number of rotatable bonds is 4. The molecule has 0 aliphatic heterocycles. The van der Waals surface area contributed by atoms with Gasteiger partial charge in [0, 0.05) is 11.3 Å². The zero-order valence-corrected chi connectivity index (χ0v) is 13.8. The van der Waals surface area contributed by atoms with Crippen LogP contribution in [0.1, 0.15) is 12.2 Å². The van der Waals surface area contributed by atoms with Crippen molar-refractivity contribution in [3.63, 3.8) is 0 Å². The second-order valence-electron chi connectivity index (χ2n) is 6.82. The zero-order chi connectivity index (χ0) is 17.6. The molecule has 5 heteroatoms. The fourth-order valence-electron chi connectivity index (χ4n) is 4.05. The number of aliphatic carboxylic acids is 1. The number of allylic oxidation sites excluding steroid dienone is 2. The summed E-state index contributed by atoms with van der Waals surface area (Å²) in [6, 6.07) is 11.2. The molecule has 1 aromatic heterocycles. The molecule has 0 unspecified atom stereocenters. The lowest BCUT2D eigenvalue weighted by Crippen LogP contribution is -2.36. The van der Waals surface area contributed by atoms with E-state index in [2.05, 4.69) is 5.32 Å². The van der Waals surface area contributed by atoms with E-state index in [-0.39, 0.29) is 17.7 Å². The van der Waals surface area contributed by atoms with Gasteiger partial charge in [-0.05, 0) is 61.6 Å². The first-order valence-corrected chi connectivity index (χ1v) is 8.42. The molecule has 2 aromatic rings. The monoisotopic (exact) mass is 337 g/mol. The van der Waals surface area contributed by atoms with E-state index in [0.717, 1.165) is 23.5 Å². The van der Waals surface area contributed by atoms with Crippen molar-refractivity contribution in [2.45, 2.75) is 13.3 Å². The Balaban J connectivity index is 1.49. The maximum atomic E-state index is 12.7. The molecule has 1 aromatic carbocycles. The van der Waals surface area contributed by atoms with Gasteiger partial charge in [0.05, 0.1) is 11.8 Å². The van der Waals surface area contributed by atoms with Crippen molar-refractivity contribution in [1.82, 2.24) is 0 Å². The van der Waals surface area contributed by atoms with E-state index in [9.17, 15) is 14.7 Å². The molecule has 2 bridgehead atoms. The summed E-state index contributed by atoms with van der Waals surface area (Å²) in [5, 5.41) is 12.3. The second kappa shape index (κ2) is 5.92. The number of aryl methyl sites for hydroxylation is 1. The molecule has 1 fully saturated rings. The minimum Gasteiger partial charge on any atom is -0.481 e. The van der Waals surface area contributed by atoms with Crippen molar-refractivity contribution in [2.75, 3.05) is 5.32 Å². The number of carboxylic acids is 1. The first kappa shape index (κ1) is 15.7. The molecule has 25 heavy (non-hydrogen) atoms. The van der Waals surface area contributed by atoms with Crippen LogP contribution in [0.5, 0.6) is 0 Å². The molecule has 0 spiro atoms. The van der Waals surface area contributed by atoms with Gasteiger partial charge < -0.3 is 14.8 Å². The van der Waals surface area contributed by atoms with E-state index in [1.165, 1.54) is 0 Å². The van der Waals surface area contributed by atoms with Crippen LogP contribution < -0.4 is 5.32 Å². The highest BCUT2D eigenvalue weighted by Gasteiger charge is 2.51. The van der Waals surface area contributed by atoms with E-state index in [0.29, 0.717) is 5.69 Å². The van der Waals surface area contributed by atoms with Crippen LogP contribution in [0.2, 0.25) is 0 Å². The van der Waals surface area contributed by atoms with Crippen LogP contribution in [0.25, 0.3) is 11.3 Å². The largest absolute Gasteiger partial charge is 0.481 e. The van der Waals surface area contributed by atoms with Crippen molar-refractivity contribution in [1.29, 1.82) is 0 Å². The van der Waals surface area contributed by atoms with E-state index < -0.39 is 17.8 Å². The van der Waals surface area contributed by atoms with Gasteiger partial charge in [-0.1, -0.05) is 12.2 Å². The van der Waals surface area contributed by atoms with Crippen LogP contribution in [0, 0.1) is 30.6 Å². The first-order chi connectivity index (χ1) is 12.0. The number of furan rings is 1. The number of amides is 1. The quantitative estimate of drug-likeness (QED) is 0.834. The van der Waals surface area contributed by atoms with Gasteiger partial charge in [-0.15, -0.1) is 0 Å². The van der Waals surface area contributed by atoms with Crippen LogP contribution in [0.3, 0.4) is 0 Å². The molecule has 2 aliphatic carbocycles. The topological polar surface area (TPSA) is 79.5 Å². The summed E-state index contributed by atoms with van der Waals surface area (Å²) < 4.78 is 5.59. The number of fused-ring (bicyclic) bond motifs is 2. The van der Waals surface area contributed by atoms with Crippen molar-refractivity contribution in [2.24, 2.45) is 23.7 Å². The summed E-state index contributed by atoms with van der Waals surface area (Å²) in [7, 11) is 0. The van der Waals surface area contributed by atoms with E-state index in [1.807, 2.05) is 55.5 Å². The van der Waals surface area contributed by atoms with Crippen molar-refractivity contribution >= 4 is 17.6 Å². The van der Waals surface area contributed by atoms with Crippen LogP contribution >= 0.6 is 0 Å². The molecule has 1 heterocycles. The number of carboxylic acid groups (broad SMARTS) is 1. The summed E-state index contributed by atoms with van der Waals surface area (Å²) in [5.41, 5.74) is 1.59. The summed E-state index contributed by atoms with van der Waals surface area (Å²) in [6.07, 6.45) is 4.68. The fourth-order valence-corrected chi connectivity index (χ4v) is 4.05. The Kier molecular flexibility index (Phi) is 3.71. The van der Waals surface area contributed by atoms with Gasteiger partial charge in [-0.25, -0.2) is 0 Å². The van der Waals surface area contributed by atoms with Gasteiger partial charge in [-0.2, -0.15) is 0 Å². The fraction of sp³-hybridized carbons (Fsp3) is 0.300. The van der Waals surface area contributed by atoms with Crippen LogP contribution in [0.4, 0.5) is 5.69 Å². The highest BCUT2D eigenvalue weighted by atomic mass is 16.4. The van der Waals surface area contributed by atoms with Gasteiger partial charge in [0.15, 0.2) is 0 Å². The number of carbonyl (C=O) groups is 2. The van der Waals surface area contributed by atoms with Gasteiger partial charge in [-0.3, -0.25) is 9.59 Å². The predicted octanol–water partition coefficient (Wildman–Crippen LogP) is 3.72. The standard InChI is InChI=1S/C20H19NO4/c1-11-2-9-16(25-11)12-5-7-15(8-6-12)21-19(22)17-13-3-4-14(10-13)18(17)20(23)24/h2-9,13-14,17-18H,10H2,1H3,(H,21,22)(H,23,24)/t13-,14-,17-,18-/m1/s1. The lowest BCUT2D eigenvalue weighted by Gasteiger charge is -2.23. The maximum absolute atomic E-state index is 12.7. The lowest BCUT2D eigenvalue weighted by atomic mass is 9.82. The average molecular weight is 337 g/mol. The highest BCUT2D eigenvalue weighted by Crippen LogP contribution is 2.48. The molecule has 5 nitrogen and oxygen atoms in total. The summed E-state index contributed by atoms with van der Waals surface area (Å²) >= 11 is 0. The van der Waals surface area contributed by atoms with Crippen molar-refractivity contribution < 1.29 is 19.1 Å². The Morgan fingerprint density at radius 2 is 1.72 bits per heavy atom. The van der Waals surface area contributed by atoms with Crippen LogP contribution in [-0.2, 0) is 9.59 Å². The number of anilines is 1. The zero-order valence-electron chi connectivity index (χ0n) is 13.8. The molecule has 1 saturated carbocycles. The molecular weight excluding hydrogens is 318 g/mol. The van der Waals surface area contributed by atoms with Crippen molar-refractivity contribution in [3.8, 4) is 11.3 Å². The first-order valence-electron chi connectivity index (χ1n) is 8.42. The maximum Gasteiger partial charge on any atom is 0.307 e. The minimum absolute atomic E-state index is 0.0245. The van der Waals surface area contributed by atoms with Gasteiger partial charge in [0.2, 0.25) is 5.91 Å². The summed E-state index contributed by atoms with van der Waals surface area (Å²) in [5.74, 6) is -0.609. The molecule has 0 radical (unpaired) electrons. The van der Waals surface area contributed by atoms with E-state index >= 15 is 0 Å². The Morgan fingerprint density at radius 3 is 2.32 bits per heavy atom. The van der Waals surface area contributed by atoms with Crippen LogP contribution in [0.15, 0.2) is 53.0 Å². The molecule has 2 aliphatic rings. The Morgan fingerprint density at radius 1 is 1.04 bits per heavy atom. The predicted molar refractivity (Wildman–Crippen MR) is 92.9 cm³/mol. The molecule has 4 rings (SSSR count). The Bertz CT molecular complexity index is 849. The number of hydrogen-bond donors (Lipinski definition) is 2. The van der Waals surface area contributed by atoms with Crippen LogP contribution in [-0.4, -0.2) is 17.0 Å². The SMILES string of the molecule is Cc1ccc(-c2ccc(NC(=O)[C@H]3[C@H](C(=O)O)[C@@H]4C=C[C@@H]3C4)cc2)o1. The third-order valence-corrected chi connectivity index (χ3v) is 5.22. The number of benzene rings is 1. The van der Waals surface area contributed by atoms with Gasteiger partial charge in [0.1, 0.15) is 11.5 Å². The second-order valence-corrected chi connectivity index (χ2v) is 6.82. The smallest absolute Gasteiger partial charge is 0.307 e. The normalized spacial score (nSPS) is 26.8. The van der Waals surface area contributed by atoms with Gasteiger partial charge >= 0.3 is 5.97 Å². The number of nitrogens with one attached hydrogen (secondary N) is 1. The number of carbonyl (C=O) groups excluding carboxylic acids is 1. The van der Waals surface area contributed by atoms with E-state index in [1.54, 1.807) is 0 Å². The number of hydrogen-bond acceptors (Lipinski definition) is 3. The highest BCUT2D eigenvalue weighted by molar-refractivity contribution is 5.96. The Hall–Kier alpha value is -2.82. The summed E-state index contributed by atoms with van der Waals surface area (Å²) in [4.78, 5) is 24.2. The molecule has 0 saturated heterocycles. The average Bonchev–Trinajstić information content (AvgIpc) is 3.30. The van der Waals surface area contributed by atoms with Gasteiger partial charge in [0.25, 0.3) is 0 Å².